The number of carbonyl (C=O) groups excluding carboxylic acids is 1. The van der Waals surface area contributed by atoms with Crippen molar-refractivity contribution in [2.24, 2.45) is 0 Å². The fourth-order valence-corrected chi connectivity index (χ4v) is 0.815. The molecule has 0 spiro atoms. The van der Waals surface area contributed by atoms with E-state index in [0.29, 0.717) is 0 Å². The zero-order valence-electron chi connectivity index (χ0n) is 7.17. The van der Waals surface area contributed by atoms with E-state index in [2.05, 4.69) is 14.7 Å². The second-order valence-electron chi connectivity index (χ2n) is 2.40. The maximum atomic E-state index is 10.8. The quantitative estimate of drug-likeness (QED) is 0.670. The number of aliphatic hydroxyl groups is 1. The molecule has 0 unspecified atom stereocenters. The van der Waals surface area contributed by atoms with Gasteiger partial charge in [-0.15, -0.1) is 0 Å². The number of esters is 1. The minimum atomic E-state index is -0.992. The molecule has 1 atom stereocenters. The Kier molecular flexibility index (Phi) is 3.33. The minimum absolute atomic E-state index is 0.124. The van der Waals surface area contributed by atoms with Crippen LogP contribution in [0, 0.1) is 0 Å². The van der Waals surface area contributed by atoms with Gasteiger partial charge >= 0.3 is 5.97 Å². The van der Waals surface area contributed by atoms with Gasteiger partial charge in [-0.3, -0.25) is 4.79 Å². The van der Waals surface area contributed by atoms with Crippen LogP contribution in [0.4, 0.5) is 0 Å². The van der Waals surface area contributed by atoms with Crippen LogP contribution in [-0.2, 0) is 9.53 Å². The molecular weight excluding hydrogens is 172 g/mol. The molecule has 1 rings (SSSR count). The third-order valence-electron chi connectivity index (χ3n) is 1.47. The van der Waals surface area contributed by atoms with E-state index in [1.165, 1.54) is 19.5 Å². The van der Waals surface area contributed by atoms with Crippen molar-refractivity contribution < 1.29 is 14.6 Å². The molecule has 0 fully saturated rings. The monoisotopic (exact) mass is 182 g/mol. The van der Waals surface area contributed by atoms with Gasteiger partial charge in [-0.05, 0) is 6.07 Å². The van der Waals surface area contributed by atoms with Crippen LogP contribution < -0.4 is 0 Å². The number of methoxy groups -OCH3 is 1. The number of nitrogens with zero attached hydrogens (tertiary/aromatic N) is 2. The molecule has 0 saturated carbocycles. The number of carbonyl (C=O) groups is 1. The van der Waals surface area contributed by atoms with E-state index in [-0.39, 0.29) is 12.2 Å². The summed E-state index contributed by atoms with van der Waals surface area (Å²) < 4.78 is 4.39. The lowest BCUT2D eigenvalue weighted by atomic mass is 10.2. The van der Waals surface area contributed by atoms with Crippen molar-refractivity contribution >= 4 is 5.97 Å². The van der Waals surface area contributed by atoms with E-state index in [9.17, 15) is 9.90 Å². The van der Waals surface area contributed by atoms with Gasteiger partial charge in [0.2, 0.25) is 0 Å². The molecule has 70 valence electrons. The number of aromatic nitrogens is 2. The first kappa shape index (κ1) is 9.60. The number of hydrogen-bond acceptors (Lipinski definition) is 5. The number of ether oxygens (including phenoxy) is 1. The zero-order chi connectivity index (χ0) is 9.68. The first-order chi connectivity index (χ1) is 6.24. The Balaban J connectivity index is 2.59. The first-order valence-electron chi connectivity index (χ1n) is 3.76. The van der Waals surface area contributed by atoms with E-state index in [4.69, 9.17) is 0 Å². The van der Waals surface area contributed by atoms with Gasteiger partial charge in [-0.1, -0.05) is 0 Å². The summed E-state index contributed by atoms with van der Waals surface area (Å²) >= 11 is 0. The van der Waals surface area contributed by atoms with Crippen molar-refractivity contribution in [1.29, 1.82) is 0 Å². The standard InChI is InChI=1S/C8H10N2O3/c1-13-7(12)5-6(11)8-9-3-2-4-10-8/h2-4,6,11H,5H2,1H3/t6-/m0/s1. The Morgan fingerprint density at radius 3 is 2.77 bits per heavy atom. The maximum Gasteiger partial charge on any atom is 0.308 e. The first-order valence-corrected chi connectivity index (χ1v) is 3.76. The summed E-state index contributed by atoms with van der Waals surface area (Å²) in [6, 6.07) is 1.63. The van der Waals surface area contributed by atoms with E-state index in [0.717, 1.165) is 0 Å². The highest BCUT2D eigenvalue weighted by atomic mass is 16.5. The van der Waals surface area contributed by atoms with Crippen LogP contribution in [0.2, 0.25) is 0 Å². The lowest BCUT2D eigenvalue weighted by Gasteiger charge is -2.06. The number of aliphatic hydroxyl groups excluding tert-OH is 1. The van der Waals surface area contributed by atoms with E-state index in [1.807, 2.05) is 0 Å². The van der Waals surface area contributed by atoms with Crippen molar-refractivity contribution in [3.8, 4) is 0 Å². The summed E-state index contributed by atoms with van der Waals surface area (Å²) in [5.74, 6) is -0.257. The summed E-state index contributed by atoms with van der Waals surface area (Å²) in [6.07, 6.45) is 1.89. The molecule has 13 heavy (non-hydrogen) atoms. The second-order valence-corrected chi connectivity index (χ2v) is 2.40. The van der Waals surface area contributed by atoms with Crippen LogP contribution in [-0.4, -0.2) is 28.2 Å². The smallest absolute Gasteiger partial charge is 0.308 e. The molecule has 0 aliphatic carbocycles. The predicted octanol–water partition coefficient (Wildman–Crippen LogP) is 0.0731. The fraction of sp³-hybridized carbons (Fsp3) is 0.375. The summed E-state index contributed by atoms with van der Waals surface area (Å²) in [4.78, 5) is 18.4. The van der Waals surface area contributed by atoms with E-state index in [1.54, 1.807) is 6.07 Å². The average Bonchev–Trinajstić information content (AvgIpc) is 2.19. The molecule has 1 N–H and O–H groups in total. The second kappa shape index (κ2) is 4.51. The van der Waals surface area contributed by atoms with Gasteiger partial charge in [0.25, 0.3) is 0 Å². The Hall–Kier alpha value is -1.49. The molecule has 0 bridgehead atoms. The average molecular weight is 182 g/mol. The Bertz CT molecular complexity index is 276. The summed E-state index contributed by atoms with van der Waals surface area (Å²) in [5.41, 5.74) is 0. The van der Waals surface area contributed by atoms with Crippen molar-refractivity contribution in [2.75, 3.05) is 7.11 Å². The molecule has 0 aromatic carbocycles. The zero-order valence-corrected chi connectivity index (χ0v) is 7.17. The molecule has 0 aliphatic rings. The molecular formula is C8H10N2O3. The number of rotatable bonds is 3. The minimum Gasteiger partial charge on any atom is -0.469 e. The van der Waals surface area contributed by atoms with Crippen LogP contribution in [0.3, 0.4) is 0 Å². The largest absolute Gasteiger partial charge is 0.469 e. The molecule has 0 radical (unpaired) electrons. The van der Waals surface area contributed by atoms with Crippen LogP contribution in [0.25, 0.3) is 0 Å². The van der Waals surface area contributed by atoms with E-state index >= 15 is 0 Å². The van der Waals surface area contributed by atoms with E-state index < -0.39 is 12.1 Å². The van der Waals surface area contributed by atoms with Gasteiger partial charge in [0, 0.05) is 12.4 Å². The van der Waals surface area contributed by atoms with Crippen molar-refractivity contribution in [3.05, 3.63) is 24.3 Å². The topological polar surface area (TPSA) is 72.3 Å². The van der Waals surface area contributed by atoms with Crippen LogP contribution >= 0.6 is 0 Å². The summed E-state index contributed by atoms with van der Waals surface area (Å²) in [5, 5.41) is 9.40. The van der Waals surface area contributed by atoms with Crippen molar-refractivity contribution in [2.45, 2.75) is 12.5 Å². The van der Waals surface area contributed by atoms with Gasteiger partial charge in [-0.25, -0.2) is 9.97 Å². The molecule has 1 heterocycles. The number of hydrogen-bond donors (Lipinski definition) is 1. The highest BCUT2D eigenvalue weighted by Gasteiger charge is 2.14. The van der Waals surface area contributed by atoms with Gasteiger partial charge in [0.15, 0.2) is 5.82 Å². The van der Waals surface area contributed by atoms with Gasteiger partial charge < -0.3 is 9.84 Å². The molecule has 5 nitrogen and oxygen atoms in total. The molecule has 0 saturated heterocycles. The van der Waals surface area contributed by atoms with Crippen LogP contribution in [0.15, 0.2) is 18.5 Å². The van der Waals surface area contributed by atoms with Gasteiger partial charge in [0.1, 0.15) is 6.10 Å². The third-order valence-corrected chi connectivity index (χ3v) is 1.47. The normalized spacial score (nSPS) is 12.2. The molecule has 0 aliphatic heterocycles. The SMILES string of the molecule is COC(=O)C[C@H](O)c1ncccn1. The lowest BCUT2D eigenvalue weighted by Crippen LogP contribution is -2.10. The lowest BCUT2D eigenvalue weighted by molar-refractivity contribution is -0.143. The maximum absolute atomic E-state index is 10.8. The molecule has 5 heteroatoms. The molecule has 1 aromatic rings. The summed E-state index contributed by atoms with van der Waals surface area (Å²) in [6.45, 7) is 0. The fourth-order valence-electron chi connectivity index (χ4n) is 0.815. The Labute approximate surface area is 75.4 Å². The molecule has 1 aromatic heterocycles. The predicted molar refractivity (Wildman–Crippen MR) is 43.6 cm³/mol. The third kappa shape index (κ3) is 2.79. The summed E-state index contributed by atoms with van der Waals surface area (Å²) in [7, 11) is 1.26. The Morgan fingerprint density at radius 1 is 1.62 bits per heavy atom. The highest BCUT2D eigenvalue weighted by molar-refractivity contribution is 5.69. The highest BCUT2D eigenvalue weighted by Crippen LogP contribution is 2.10. The van der Waals surface area contributed by atoms with Gasteiger partial charge in [-0.2, -0.15) is 0 Å². The van der Waals surface area contributed by atoms with Gasteiger partial charge in [0.05, 0.1) is 13.5 Å². The van der Waals surface area contributed by atoms with Crippen LogP contribution in [0.1, 0.15) is 18.3 Å². The molecule has 0 amide bonds. The van der Waals surface area contributed by atoms with Crippen molar-refractivity contribution in [3.63, 3.8) is 0 Å². The Morgan fingerprint density at radius 2 is 2.23 bits per heavy atom. The van der Waals surface area contributed by atoms with Crippen LogP contribution in [0.5, 0.6) is 0 Å². The van der Waals surface area contributed by atoms with Crippen molar-refractivity contribution in [1.82, 2.24) is 9.97 Å².